The summed E-state index contributed by atoms with van der Waals surface area (Å²) in [5.74, 6) is 0.0405. The number of carbonyl (C=O) groups excluding carboxylic acids is 4. The van der Waals surface area contributed by atoms with Gasteiger partial charge < -0.3 is 33.8 Å². The largest absolute Gasteiger partial charge is 0.472 e. The van der Waals surface area contributed by atoms with Crippen molar-refractivity contribution in [3.8, 4) is 0 Å². The Morgan fingerprint density at radius 2 is 0.663 bits per heavy atom. The van der Waals surface area contributed by atoms with Crippen molar-refractivity contribution in [2.75, 3.05) is 39.6 Å². The van der Waals surface area contributed by atoms with Crippen LogP contribution in [0.5, 0.6) is 0 Å². The van der Waals surface area contributed by atoms with Gasteiger partial charge in [-0.25, -0.2) is 9.13 Å². The molecule has 0 amide bonds. The fourth-order valence-corrected chi connectivity index (χ4v) is 11.5. The van der Waals surface area contributed by atoms with Crippen LogP contribution in [0.2, 0.25) is 0 Å². The number of hydrogen-bond donors (Lipinski definition) is 3. The fourth-order valence-electron chi connectivity index (χ4n) is 9.97. The Kier molecular flexibility index (Phi) is 58.8. The van der Waals surface area contributed by atoms with Gasteiger partial charge in [-0.3, -0.25) is 37.3 Å². The average molecular weight is 1310 g/mol. The fraction of sp³-hybridized carbons (Fsp3) is 0.886. The summed E-state index contributed by atoms with van der Waals surface area (Å²) in [4.78, 5) is 72.5. The first-order valence-corrected chi connectivity index (χ1v) is 38.7. The van der Waals surface area contributed by atoms with Crippen molar-refractivity contribution in [1.29, 1.82) is 0 Å². The van der Waals surface area contributed by atoms with Gasteiger partial charge >= 0.3 is 39.5 Å². The van der Waals surface area contributed by atoms with E-state index in [0.29, 0.717) is 37.5 Å². The molecule has 524 valence electrons. The normalized spacial score (nSPS) is 14.7. The highest BCUT2D eigenvalue weighted by Gasteiger charge is 2.30. The van der Waals surface area contributed by atoms with Crippen molar-refractivity contribution in [3.63, 3.8) is 0 Å². The second-order valence-electron chi connectivity index (χ2n) is 25.8. The molecule has 6 atom stereocenters. The van der Waals surface area contributed by atoms with E-state index in [-0.39, 0.29) is 25.7 Å². The van der Waals surface area contributed by atoms with Crippen molar-refractivity contribution in [2.45, 2.75) is 343 Å². The Balaban J connectivity index is 5.29. The number of rotatable bonds is 66. The molecule has 89 heavy (non-hydrogen) atoms. The molecule has 0 heterocycles. The minimum absolute atomic E-state index is 0.0842. The van der Waals surface area contributed by atoms with E-state index in [2.05, 4.69) is 72.8 Å². The van der Waals surface area contributed by atoms with Crippen LogP contribution in [0.3, 0.4) is 0 Å². The van der Waals surface area contributed by atoms with Crippen molar-refractivity contribution in [2.24, 2.45) is 17.8 Å². The molecule has 0 bridgehead atoms. The van der Waals surface area contributed by atoms with E-state index < -0.39 is 97.5 Å². The third-order valence-corrected chi connectivity index (χ3v) is 17.8. The molecule has 0 saturated heterocycles. The monoisotopic (exact) mass is 1310 g/mol. The van der Waals surface area contributed by atoms with E-state index in [1.54, 1.807) is 0 Å². The number of aliphatic hydroxyl groups is 1. The lowest BCUT2D eigenvalue weighted by atomic mass is 9.99. The van der Waals surface area contributed by atoms with Crippen LogP contribution in [0.15, 0.2) is 24.3 Å². The van der Waals surface area contributed by atoms with Gasteiger partial charge in [-0.15, -0.1) is 0 Å². The van der Waals surface area contributed by atoms with Crippen LogP contribution in [0.1, 0.15) is 325 Å². The number of phosphoric acid groups is 2. The number of esters is 4. The summed E-state index contributed by atoms with van der Waals surface area (Å²) < 4.78 is 68.2. The predicted molar refractivity (Wildman–Crippen MR) is 358 cm³/mol. The van der Waals surface area contributed by atoms with Crippen molar-refractivity contribution in [1.82, 2.24) is 0 Å². The first kappa shape index (κ1) is 86.5. The molecule has 0 radical (unpaired) electrons. The smallest absolute Gasteiger partial charge is 0.462 e. The van der Waals surface area contributed by atoms with Gasteiger partial charge in [0, 0.05) is 25.7 Å². The Morgan fingerprint density at radius 3 is 1.00 bits per heavy atom. The van der Waals surface area contributed by atoms with Gasteiger partial charge in [-0.2, -0.15) is 0 Å². The number of carbonyl (C=O) groups is 4. The zero-order chi connectivity index (χ0) is 65.9. The molecule has 3 unspecified atom stereocenters. The highest BCUT2D eigenvalue weighted by molar-refractivity contribution is 7.47. The standard InChI is InChI=1S/C70H132O17P2/c1-8-10-11-12-13-14-15-16-17-18-19-24-30-39-46-53-69(74)86-65(57-80-67(72)51-44-37-29-23-21-20-22-28-36-43-50-63(7)9-2)59-84-88(76,77)82-55-64(71)56-83-89(78,79)85-60-66(58-81-68(73)52-45-38-33-32-35-42-49-62(5)6)87-70(75)54-47-40-31-26-25-27-34-41-48-61(3)4/h14-17,61-66,71H,8-13,18-60H2,1-7H3,(H,76,77)(H,78,79)/b15-14-,17-16-/t63?,64-,65-,66-/m1/s1. The molecular weight excluding hydrogens is 1170 g/mol. The average Bonchev–Trinajstić information content (AvgIpc) is 3.66. The quantitative estimate of drug-likeness (QED) is 0.0169. The van der Waals surface area contributed by atoms with E-state index in [4.69, 9.17) is 37.0 Å². The van der Waals surface area contributed by atoms with Gasteiger partial charge in [0.05, 0.1) is 26.4 Å². The summed E-state index contributed by atoms with van der Waals surface area (Å²) in [5, 5.41) is 10.6. The maximum atomic E-state index is 13.0. The van der Waals surface area contributed by atoms with Crippen LogP contribution >= 0.6 is 15.6 Å². The Bertz CT molecular complexity index is 1840. The highest BCUT2D eigenvalue weighted by atomic mass is 31.2. The van der Waals surface area contributed by atoms with Crippen molar-refractivity contribution >= 4 is 39.5 Å². The molecule has 0 aliphatic heterocycles. The molecule has 0 aliphatic rings. The third kappa shape index (κ3) is 62.7. The van der Waals surface area contributed by atoms with E-state index in [1.165, 1.54) is 116 Å². The topological polar surface area (TPSA) is 237 Å². The molecule has 19 heteroatoms. The molecule has 0 rings (SSSR count). The van der Waals surface area contributed by atoms with E-state index in [0.717, 1.165) is 115 Å². The summed E-state index contributed by atoms with van der Waals surface area (Å²) in [6.07, 6.45) is 46.8. The lowest BCUT2D eigenvalue weighted by molar-refractivity contribution is -0.161. The molecule has 0 fully saturated rings. The van der Waals surface area contributed by atoms with Crippen molar-refractivity contribution in [3.05, 3.63) is 24.3 Å². The highest BCUT2D eigenvalue weighted by Crippen LogP contribution is 2.45. The maximum absolute atomic E-state index is 13.0. The van der Waals surface area contributed by atoms with Crippen LogP contribution < -0.4 is 0 Å². The summed E-state index contributed by atoms with van der Waals surface area (Å²) in [6.45, 7) is 11.7. The van der Waals surface area contributed by atoms with Gasteiger partial charge in [0.2, 0.25) is 0 Å². The summed E-state index contributed by atoms with van der Waals surface area (Å²) >= 11 is 0. The van der Waals surface area contributed by atoms with Gasteiger partial charge in [-0.05, 0) is 69.1 Å². The van der Waals surface area contributed by atoms with Crippen LogP contribution in [-0.2, 0) is 65.4 Å². The van der Waals surface area contributed by atoms with Gasteiger partial charge in [0.25, 0.3) is 0 Å². The molecular formula is C70H132O17P2. The molecule has 0 aliphatic carbocycles. The summed E-state index contributed by atoms with van der Waals surface area (Å²) in [6, 6.07) is 0. The van der Waals surface area contributed by atoms with Crippen LogP contribution in [-0.4, -0.2) is 96.7 Å². The number of allylic oxidation sites excluding steroid dienone is 4. The number of ether oxygens (including phenoxy) is 4. The van der Waals surface area contributed by atoms with Gasteiger partial charge in [0.15, 0.2) is 12.2 Å². The third-order valence-electron chi connectivity index (χ3n) is 15.9. The second kappa shape index (κ2) is 60.5. The van der Waals surface area contributed by atoms with E-state index in [1.807, 2.05) is 0 Å². The molecule has 0 aromatic rings. The van der Waals surface area contributed by atoms with Crippen LogP contribution in [0.25, 0.3) is 0 Å². The van der Waals surface area contributed by atoms with Gasteiger partial charge in [-0.1, -0.05) is 272 Å². The minimum Gasteiger partial charge on any atom is -0.462 e. The molecule has 0 spiro atoms. The first-order valence-electron chi connectivity index (χ1n) is 35.7. The zero-order valence-electron chi connectivity index (χ0n) is 57.4. The van der Waals surface area contributed by atoms with E-state index in [9.17, 15) is 43.2 Å². The van der Waals surface area contributed by atoms with Crippen LogP contribution in [0, 0.1) is 17.8 Å². The molecule has 17 nitrogen and oxygen atoms in total. The van der Waals surface area contributed by atoms with E-state index >= 15 is 0 Å². The summed E-state index contributed by atoms with van der Waals surface area (Å²) in [7, 11) is -9.91. The number of hydrogen-bond acceptors (Lipinski definition) is 15. The Hall–Kier alpha value is -2.46. The molecule has 0 aromatic heterocycles. The second-order valence-corrected chi connectivity index (χ2v) is 28.7. The molecule has 0 saturated carbocycles. The maximum Gasteiger partial charge on any atom is 0.472 e. The lowest BCUT2D eigenvalue weighted by Gasteiger charge is -2.21. The minimum atomic E-state index is -4.96. The Labute approximate surface area is 542 Å². The number of unbranched alkanes of at least 4 members (excludes halogenated alkanes) is 30. The SMILES string of the molecule is CCCCCC/C=C\C=C/CCCCCCCC(=O)O[C@H](COC(=O)CCCCCCCCCCCCC(C)CC)COP(=O)(O)OC[C@@H](O)COP(=O)(O)OC[C@@H](COC(=O)CCCCCCCCC(C)C)OC(=O)CCCCCCCCCCC(C)C. The van der Waals surface area contributed by atoms with Crippen molar-refractivity contribution < 1.29 is 80.2 Å². The predicted octanol–water partition coefficient (Wildman–Crippen LogP) is 19.4. The summed E-state index contributed by atoms with van der Waals surface area (Å²) in [5.41, 5.74) is 0. The zero-order valence-corrected chi connectivity index (χ0v) is 59.2. The lowest BCUT2D eigenvalue weighted by Crippen LogP contribution is -2.30. The first-order chi connectivity index (χ1) is 42.8. The van der Waals surface area contributed by atoms with Gasteiger partial charge in [0.1, 0.15) is 19.3 Å². The Morgan fingerprint density at radius 1 is 0.371 bits per heavy atom. The van der Waals surface area contributed by atoms with Crippen LogP contribution in [0.4, 0.5) is 0 Å². The molecule has 3 N–H and O–H groups in total. The number of phosphoric ester groups is 2. The molecule has 0 aromatic carbocycles. The number of aliphatic hydroxyl groups excluding tert-OH is 1.